The summed E-state index contributed by atoms with van der Waals surface area (Å²) in [4.78, 5) is -0.322. The van der Waals surface area contributed by atoms with Gasteiger partial charge in [0.2, 0.25) is 10.0 Å². The molecule has 0 aromatic heterocycles. The summed E-state index contributed by atoms with van der Waals surface area (Å²) in [5, 5.41) is 0. The molecule has 1 fully saturated rings. The van der Waals surface area contributed by atoms with Crippen molar-refractivity contribution in [1.29, 1.82) is 0 Å². The Labute approximate surface area is 118 Å². The molecule has 0 bridgehead atoms. The standard InChI is InChI=1S/C14H19F2NO2S/c1-9(2)17(8-11-4-10(11)3)20(18,19)14-6-12(15)5-13(16)7-14/h5-7,9-11H,4,8H2,1-3H3/t10-,11+/m0/s1. The summed E-state index contributed by atoms with van der Waals surface area (Å²) in [5.41, 5.74) is 0. The number of benzene rings is 1. The lowest BCUT2D eigenvalue weighted by Crippen LogP contribution is -2.38. The molecule has 2 rings (SSSR count). The van der Waals surface area contributed by atoms with Crippen LogP contribution in [-0.4, -0.2) is 25.3 Å². The minimum Gasteiger partial charge on any atom is -0.207 e. The second-order valence-corrected chi connectivity index (χ2v) is 7.64. The highest BCUT2D eigenvalue weighted by Gasteiger charge is 2.38. The van der Waals surface area contributed by atoms with Crippen molar-refractivity contribution in [3.63, 3.8) is 0 Å². The highest BCUT2D eigenvalue weighted by molar-refractivity contribution is 7.89. The van der Waals surface area contributed by atoms with Crippen molar-refractivity contribution in [3.8, 4) is 0 Å². The molecule has 0 N–H and O–H groups in total. The molecule has 2 atom stereocenters. The second-order valence-electron chi connectivity index (χ2n) is 5.75. The van der Waals surface area contributed by atoms with Crippen LogP contribution in [0.2, 0.25) is 0 Å². The van der Waals surface area contributed by atoms with Crippen LogP contribution in [0.25, 0.3) is 0 Å². The Morgan fingerprint density at radius 2 is 1.75 bits per heavy atom. The number of hydrogen-bond donors (Lipinski definition) is 0. The fraction of sp³-hybridized carbons (Fsp3) is 0.571. The van der Waals surface area contributed by atoms with E-state index in [1.165, 1.54) is 4.31 Å². The smallest absolute Gasteiger partial charge is 0.207 e. The fourth-order valence-corrected chi connectivity index (χ4v) is 4.02. The van der Waals surface area contributed by atoms with E-state index in [9.17, 15) is 17.2 Å². The van der Waals surface area contributed by atoms with Crippen molar-refractivity contribution in [2.75, 3.05) is 6.54 Å². The van der Waals surface area contributed by atoms with Crippen molar-refractivity contribution in [3.05, 3.63) is 29.8 Å². The van der Waals surface area contributed by atoms with Crippen LogP contribution in [-0.2, 0) is 10.0 Å². The van der Waals surface area contributed by atoms with Gasteiger partial charge in [0.25, 0.3) is 0 Å². The van der Waals surface area contributed by atoms with Crippen LogP contribution in [0, 0.1) is 23.5 Å². The Bertz CT molecular complexity index is 581. The zero-order valence-corrected chi connectivity index (χ0v) is 12.6. The van der Waals surface area contributed by atoms with E-state index < -0.39 is 21.7 Å². The maximum atomic E-state index is 13.2. The third-order valence-corrected chi connectivity index (χ3v) is 5.73. The average molecular weight is 303 g/mol. The van der Waals surface area contributed by atoms with Gasteiger partial charge in [-0.25, -0.2) is 17.2 Å². The topological polar surface area (TPSA) is 37.4 Å². The fourth-order valence-electron chi connectivity index (χ4n) is 2.28. The van der Waals surface area contributed by atoms with Gasteiger partial charge in [-0.3, -0.25) is 0 Å². The summed E-state index contributed by atoms with van der Waals surface area (Å²) < 4.78 is 52.9. The predicted octanol–water partition coefficient (Wildman–Crippen LogP) is 3.02. The van der Waals surface area contributed by atoms with Crippen LogP contribution in [0.5, 0.6) is 0 Å². The number of rotatable bonds is 5. The van der Waals surface area contributed by atoms with Crippen LogP contribution in [0.15, 0.2) is 23.1 Å². The lowest BCUT2D eigenvalue weighted by molar-refractivity contribution is 0.336. The average Bonchev–Trinajstić information content (AvgIpc) is 3.00. The molecule has 20 heavy (non-hydrogen) atoms. The molecule has 3 nitrogen and oxygen atoms in total. The van der Waals surface area contributed by atoms with E-state index in [4.69, 9.17) is 0 Å². The van der Waals surface area contributed by atoms with E-state index >= 15 is 0 Å². The Hall–Kier alpha value is -1.01. The zero-order valence-electron chi connectivity index (χ0n) is 11.8. The molecule has 0 radical (unpaired) electrons. The Balaban J connectivity index is 2.34. The van der Waals surface area contributed by atoms with E-state index in [1.807, 2.05) is 0 Å². The third kappa shape index (κ3) is 3.17. The summed E-state index contributed by atoms with van der Waals surface area (Å²) in [5.74, 6) is -0.916. The van der Waals surface area contributed by atoms with Gasteiger partial charge in [0, 0.05) is 18.7 Å². The molecule has 112 valence electrons. The van der Waals surface area contributed by atoms with Gasteiger partial charge >= 0.3 is 0 Å². The Kier molecular flexibility index (Phi) is 4.16. The first-order valence-corrected chi connectivity index (χ1v) is 8.13. The monoisotopic (exact) mass is 303 g/mol. The molecule has 1 aliphatic rings. The first-order valence-electron chi connectivity index (χ1n) is 6.69. The third-order valence-electron chi connectivity index (χ3n) is 3.71. The molecule has 0 unspecified atom stereocenters. The SMILES string of the molecule is CC(C)N(C[C@H]1C[C@@H]1C)S(=O)(=O)c1cc(F)cc(F)c1. The maximum absolute atomic E-state index is 13.2. The van der Waals surface area contributed by atoms with Gasteiger partial charge in [0.1, 0.15) is 11.6 Å². The maximum Gasteiger partial charge on any atom is 0.243 e. The molecule has 1 saturated carbocycles. The molecule has 1 aromatic carbocycles. The molecule has 0 heterocycles. The number of sulfonamides is 1. The van der Waals surface area contributed by atoms with Crippen LogP contribution in [0.3, 0.4) is 0 Å². The normalized spacial score (nSPS) is 22.6. The molecular weight excluding hydrogens is 284 g/mol. The first-order chi connectivity index (χ1) is 9.21. The van der Waals surface area contributed by atoms with Crippen molar-refractivity contribution in [1.82, 2.24) is 4.31 Å². The van der Waals surface area contributed by atoms with Crippen LogP contribution >= 0.6 is 0 Å². The molecule has 1 aliphatic carbocycles. The van der Waals surface area contributed by atoms with Gasteiger partial charge in [0.05, 0.1) is 4.90 Å². The van der Waals surface area contributed by atoms with Crippen LogP contribution in [0.1, 0.15) is 27.2 Å². The van der Waals surface area contributed by atoms with Crippen LogP contribution in [0.4, 0.5) is 8.78 Å². The lowest BCUT2D eigenvalue weighted by Gasteiger charge is -2.26. The lowest BCUT2D eigenvalue weighted by atomic mass is 10.3. The van der Waals surface area contributed by atoms with Gasteiger partial charge in [-0.2, -0.15) is 4.31 Å². The quantitative estimate of drug-likeness (QED) is 0.838. The van der Waals surface area contributed by atoms with Gasteiger partial charge < -0.3 is 0 Å². The molecule has 1 aromatic rings. The number of hydrogen-bond acceptors (Lipinski definition) is 2. The van der Waals surface area contributed by atoms with E-state index in [2.05, 4.69) is 6.92 Å². The molecule has 0 amide bonds. The van der Waals surface area contributed by atoms with Crippen molar-refractivity contribution in [2.45, 2.75) is 38.1 Å². The van der Waals surface area contributed by atoms with E-state index in [0.29, 0.717) is 24.4 Å². The summed E-state index contributed by atoms with van der Waals surface area (Å²) in [7, 11) is -3.87. The minimum absolute atomic E-state index is 0.251. The number of nitrogens with zero attached hydrogens (tertiary/aromatic N) is 1. The first kappa shape index (κ1) is 15.4. The van der Waals surface area contributed by atoms with E-state index in [1.54, 1.807) is 13.8 Å². The summed E-state index contributed by atoms with van der Waals surface area (Å²) in [6.45, 7) is 6.00. The summed E-state index contributed by atoms with van der Waals surface area (Å²) >= 11 is 0. The van der Waals surface area contributed by atoms with E-state index in [-0.39, 0.29) is 10.9 Å². The Morgan fingerprint density at radius 3 is 2.15 bits per heavy atom. The van der Waals surface area contributed by atoms with Gasteiger partial charge in [0.15, 0.2) is 0 Å². The summed E-state index contributed by atoms with van der Waals surface area (Å²) in [6, 6.07) is 2.15. The zero-order chi connectivity index (χ0) is 15.1. The number of halogens is 2. The van der Waals surface area contributed by atoms with Crippen molar-refractivity contribution in [2.24, 2.45) is 11.8 Å². The van der Waals surface area contributed by atoms with Gasteiger partial charge in [-0.15, -0.1) is 0 Å². The van der Waals surface area contributed by atoms with E-state index in [0.717, 1.165) is 18.6 Å². The second kappa shape index (κ2) is 5.41. The molecule has 6 heteroatoms. The molecular formula is C14H19F2NO2S. The molecule has 0 saturated heterocycles. The minimum atomic E-state index is -3.87. The van der Waals surface area contributed by atoms with Crippen molar-refractivity contribution < 1.29 is 17.2 Å². The highest BCUT2D eigenvalue weighted by Crippen LogP contribution is 2.39. The van der Waals surface area contributed by atoms with Gasteiger partial charge in [-0.05, 0) is 44.2 Å². The van der Waals surface area contributed by atoms with Crippen LogP contribution < -0.4 is 0 Å². The largest absolute Gasteiger partial charge is 0.243 e. The van der Waals surface area contributed by atoms with Gasteiger partial charge in [-0.1, -0.05) is 6.92 Å². The Morgan fingerprint density at radius 1 is 1.25 bits per heavy atom. The summed E-state index contributed by atoms with van der Waals surface area (Å²) in [6.07, 6.45) is 0.996. The molecule has 0 aliphatic heterocycles. The predicted molar refractivity (Wildman–Crippen MR) is 72.7 cm³/mol. The van der Waals surface area contributed by atoms with Crippen molar-refractivity contribution >= 4 is 10.0 Å². The highest BCUT2D eigenvalue weighted by atomic mass is 32.2. The molecule has 0 spiro atoms.